The second-order valence-corrected chi connectivity index (χ2v) is 8.36. The van der Waals surface area contributed by atoms with Crippen LogP contribution in [0.15, 0.2) is 27.2 Å². The summed E-state index contributed by atoms with van der Waals surface area (Å²) in [5.74, 6) is 1.28. The van der Waals surface area contributed by atoms with Crippen molar-refractivity contribution in [2.24, 2.45) is 4.99 Å². The summed E-state index contributed by atoms with van der Waals surface area (Å²) in [6.07, 6.45) is 0. The maximum atomic E-state index is 4.70. The molecule has 4 nitrogen and oxygen atoms in total. The molecule has 0 fully saturated rings. The highest BCUT2D eigenvalue weighted by Crippen LogP contribution is 2.23. The molecule has 2 aromatic heterocycles. The van der Waals surface area contributed by atoms with Crippen molar-refractivity contribution in [1.82, 2.24) is 15.6 Å². The van der Waals surface area contributed by atoms with Crippen molar-refractivity contribution in [3.8, 4) is 0 Å². The maximum Gasteiger partial charge on any atom is 0.191 e. The average Bonchev–Trinajstić information content (AvgIpc) is 3.18. The number of guanidine groups is 1. The molecule has 0 radical (unpaired) electrons. The molecule has 7 heteroatoms. The van der Waals surface area contributed by atoms with Crippen molar-refractivity contribution in [3.05, 3.63) is 38.5 Å². The molecule has 0 spiro atoms. The Labute approximate surface area is 170 Å². The van der Waals surface area contributed by atoms with Gasteiger partial charge in [-0.25, -0.2) is 4.98 Å². The highest BCUT2D eigenvalue weighted by molar-refractivity contribution is 14.0. The molecule has 2 rings (SSSR count). The number of aliphatic imine (C=N–C) groups is 1. The molecule has 134 valence electrons. The van der Waals surface area contributed by atoms with Gasteiger partial charge >= 0.3 is 0 Å². The molecule has 0 amide bonds. The van der Waals surface area contributed by atoms with Gasteiger partial charge in [-0.3, -0.25) is 4.99 Å². The van der Waals surface area contributed by atoms with E-state index in [1.165, 1.54) is 5.56 Å². The van der Waals surface area contributed by atoms with Gasteiger partial charge in [0.05, 0.1) is 12.2 Å². The van der Waals surface area contributed by atoms with E-state index in [2.05, 4.69) is 65.5 Å². The van der Waals surface area contributed by atoms with Crippen molar-refractivity contribution in [2.75, 3.05) is 13.6 Å². The van der Waals surface area contributed by atoms with Crippen molar-refractivity contribution < 1.29 is 0 Å². The zero-order valence-corrected chi connectivity index (χ0v) is 18.9. The van der Waals surface area contributed by atoms with Crippen LogP contribution in [0.4, 0.5) is 0 Å². The lowest BCUT2D eigenvalue weighted by Gasteiger charge is -2.15. The third kappa shape index (κ3) is 6.33. The molecule has 1 atom stereocenters. The number of thiazole rings is 1. The summed E-state index contributed by atoms with van der Waals surface area (Å²) in [6.45, 7) is 10.3. The highest BCUT2D eigenvalue weighted by Gasteiger charge is 2.17. The smallest absolute Gasteiger partial charge is 0.191 e. The maximum absolute atomic E-state index is 4.70. The fourth-order valence-electron chi connectivity index (χ4n) is 2.04. The van der Waals surface area contributed by atoms with Crippen LogP contribution in [0.1, 0.15) is 49.9 Å². The number of nitrogens with one attached hydrogen (secondary N) is 2. The third-order valence-electron chi connectivity index (χ3n) is 3.64. The summed E-state index contributed by atoms with van der Waals surface area (Å²) >= 11 is 3.44. The molecular weight excluding hydrogens is 451 g/mol. The fraction of sp³-hybridized carbons (Fsp3) is 0.529. The van der Waals surface area contributed by atoms with Crippen molar-refractivity contribution >= 4 is 52.6 Å². The Hall–Kier alpha value is -0.670. The molecular formula is C17H27IN4S2. The van der Waals surface area contributed by atoms with Gasteiger partial charge in [0.1, 0.15) is 5.01 Å². The normalized spacial score (nSPS) is 13.3. The van der Waals surface area contributed by atoms with Gasteiger partial charge in [0.2, 0.25) is 0 Å². The molecule has 2 N–H and O–H groups in total. The number of hydrogen-bond donors (Lipinski definition) is 2. The van der Waals surface area contributed by atoms with Crippen LogP contribution in [0, 0.1) is 0 Å². The Morgan fingerprint density at radius 3 is 2.58 bits per heavy atom. The summed E-state index contributed by atoms with van der Waals surface area (Å²) in [4.78, 5) is 8.98. The zero-order chi connectivity index (χ0) is 16.9. The molecule has 24 heavy (non-hydrogen) atoms. The summed E-state index contributed by atoms with van der Waals surface area (Å²) in [7, 11) is 1.80. The van der Waals surface area contributed by atoms with Crippen molar-refractivity contribution in [2.45, 2.75) is 45.6 Å². The van der Waals surface area contributed by atoms with E-state index in [0.717, 1.165) is 23.2 Å². The number of aromatic nitrogens is 1. The minimum atomic E-state index is 0. The molecule has 0 aliphatic carbocycles. The number of rotatable bonds is 5. The Kier molecular flexibility index (Phi) is 8.66. The lowest BCUT2D eigenvalue weighted by molar-refractivity contribution is 0.570. The molecule has 0 aromatic carbocycles. The first-order valence-corrected chi connectivity index (χ1v) is 9.64. The zero-order valence-electron chi connectivity index (χ0n) is 14.9. The van der Waals surface area contributed by atoms with E-state index in [1.807, 2.05) is 0 Å². The first-order valence-electron chi connectivity index (χ1n) is 7.81. The predicted octanol–water partition coefficient (Wildman–Crippen LogP) is 4.59. The predicted molar refractivity (Wildman–Crippen MR) is 117 cm³/mol. The molecule has 0 aliphatic rings. The van der Waals surface area contributed by atoms with Crippen LogP contribution in [0.25, 0.3) is 0 Å². The Balaban J connectivity index is 0.00000288. The molecule has 0 bridgehead atoms. The van der Waals surface area contributed by atoms with Crippen LogP contribution in [0.5, 0.6) is 0 Å². The van der Waals surface area contributed by atoms with Crippen molar-refractivity contribution in [1.29, 1.82) is 0 Å². The van der Waals surface area contributed by atoms with E-state index in [4.69, 9.17) is 4.98 Å². The monoisotopic (exact) mass is 478 g/mol. The molecule has 0 saturated heterocycles. The van der Waals surface area contributed by atoms with Gasteiger partial charge in [0, 0.05) is 24.4 Å². The van der Waals surface area contributed by atoms with E-state index >= 15 is 0 Å². The summed E-state index contributed by atoms with van der Waals surface area (Å²) in [6, 6.07) is 2.18. The topological polar surface area (TPSA) is 49.3 Å². The quantitative estimate of drug-likeness (QED) is 0.376. The van der Waals surface area contributed by atoms with Crippen LogP contribution in [-0.4, -0.2) is 24.5 Å². The van der Waals surface area contributed by atoms with Crippen LogP contribution < -0.4 is 10.6 Å². The fourth-order valence-corrected chi connectivity index (χ4v) is 3.78. The minimum Gasteiger partial charge on any atom is -0.356 e. The van der Waals surface area contributed by atoms with Gasteiger partial charge in [0.25, 0.3) is 0 Å². The molecule has 0 aliphatic heterocycles. The third-order valence-corrected chi connectivity index (χ3v) is 5.19. The summed E-state index contributed by atoms with van der Waals surface area (Å²) in [5, 5.41) is 14.3. The average molecular weight is 478 g/mol. The number of nitrogens with zero attached hydrogens (tertiary/aromatic N) is 2. The van der Waals surface area contributed by atoms with E-state index in [9.17, 15) is 0 Å². The summed E-state index contributed by atoms with van der Waals surface area (Å²) in [5.41, 5.74) is 2.62. The Bertz CT molecular complexity index is 629. The van der Waals surface area contributed by atoms with Gasteiger partial charge in [-0.1, -0.05) is 27.7 Å². The van der Waals surface area contributed by atoms with Gasteiger partial charge in [0.15, 0.2) is 5.96 Å². The van der Waals surface area contributed by atoms with Crippen LogP contribution in [0.2, 0.25) is 0 Å². The number of hydrogen-bond acceptors (Lipinski definition) is 4. The SMILES string of the molecule is CN=C(NCc1nc(C(C)(C)C)cs1)NCC(C)c1ccsc1.I. The minimum absolute atomic E-state index is 0. The first kappa shape index (κ1) is 21.4. The Morgan fingerprint density at radius 1 is 1.29 bits per heavy atom. The molecule has 2 heterocycles. The molecule has 2 aromatic rings. The lowest BCUT2D eigenvalue weighted by atomic mass is 9.93. The summed E-state index contributed by atoms with van der Waals surface area (Å²) < 4.78 is 0. The highest BCUT2D eigenvalue weighted by atomic mass is 127. The van der Waals surface area contributed by atoms with E-state index in [1.54, 1.807) is 29.7 Å². The van der Waals surface area contributed by atoms with Gasteiger partial charge in [-0.15, -0.1) is 35.3 Å². The van der Waals surface area contributed by atoms with Gasteiger partial charge < -0.3 is 10.6 Å². The Morgan fingerprint density at radius 2 is 2.04 bits per heavy atom. The standard InChI is InChI=1S/C17H26N4S2.HI/c1-12(13-6-7-22-10-13)8-19-16(18-5)20-9-15-21-14(11-23-15)17(2,3)4;/h6-7,10-12H,8-9H2,1-5H3,(H2,18,19,20);1H. The molecule has 0 saturated carbocycles. The number of thiophene rings is 1. The van der Waals surface area contributed by atoms with Crippen LogP contribution in [0.3, 0.4) is 0 Å². The van der Waals surface area contributed by atoms with E-state index < -0.39 is 0 Å². The van der Waals surface area contributed by atoms with Gasteiger partial charge in [-0.05, 0) is 28.3 Å². The second kappa shape index (κ2) is 9.72. The van der Waals surface area contributed by atoms with E-state index in [0.29, 0.717) is 12.5 Å². The molecule has 1 unspecified atom stereocenters. The van der Waals surface area contributed by atoms with E-state index in [-0.39, 0.29) is 29.4 Å². The largest absolute Gasteiger partial charge is 0.356 e. The number of halogens is 1. The van der Waals surface area contributed by atoms with Crippen LogP contribution in [-0.2, 0) is 12.0 Å². The lowest BCUT2D eigenvalue weighted by Crippen LogP contribution is -2.38. The van der Waals surface area contributed by atoms with Crippen molar-refractivity contribution in [3.63, 3.8) is 0 Å². The second-order valence-electron chi connectivity index (χ2n) is 6.64. The van der Waals surface area contributed by atoms with Crippen LogP contribution >= 0.6 is 46.7 Å². The first-order chi connectivity index (χ1) is 10.9. The van der Waals surface area contributed by atoms with Gasteiger partial charge in [-0.2, -0.15) is 11.3 Å².